The summed E-state index contributed by atoms with van der Waals surface area (Å²) >= 11 is 7.15. The van der Waals surface area contributed by atoms with E-state index in [1.165, 1.54) is 16.2 Å². The number of amides is 1. The van der Waals surface area contributed by atoms with Crippen molar-refractivity contribution in [2.75, 3.05) is 26.2 Å². The third-order valence-electron chi connectivity index (χ3n) is 4.13. The summed E-state index contributed by atoms with van der Waals surface area (Å²) in [6.45, 7) is 0.247. The number of hydrogen-bond donors (Lipinski definition) is 0. The van der Waals surface area contributed by atoms with Gasteiger partial charge in [0.1, 0.15) is 4.90 Å². The van der Waals surface area contributed by atoms with E-state index in [1.54, 1.807) is 17.5 Å². The lowest BCUT2D eigenvalue weighted by Crippen LogP contribution is -2.50. The zero-order valence-corrected chi connectivity index (χ0v) is 16.1. The quantitative estimate of drug-likeness (QED) is 0.736. The first-order valence-corrected chi connectivity index (χ1v) is 10.5. The van der Waals surface area contributed by atoms with E-state index in [4.69, 9.17) is 11.6 Å². The molecule has 11 heteroatoms. The summed E-state index contributed by atoms with van der Waals surface area (Å²) in [7, 11) is -4.21. The maximum Gasteiger partial charge on any atom is 0.416 e. The van der Waals surface area contributed by atoms with Crippen molar-refractivity contribution in [3.8, 4) is 0 Å². The van der Waals surface area contributed by atoms with Crippen LogP contribution in [0.3, 0.4) is 0 Å². The molecule has 2 heterocycles. The molecule has 2 aromatic rings. The number of alkyl halides is 3. The highest BCUT2D eigenvalue weighted by atomic mass is 35.5. The minimum absolute atomic E-state index is 0.0218. The van der Waals surface area contributed by atoms with Crippen molar-refractivity contribution in [1.29, 1.82) is 0 Å². The fourth-order valence-electron chi connectivity index (χ4n) is 2.70. The molecule has 27 heavy (non-hydrogen) atoms. The Hall–Kier alpha value is -1.62. The molecule has 0 radical (unpaired) electrons. The van der Waals surface area contributed by atoms with Crippen LogP contribution in [0.15, 0.2) is 40.6 Å². The number of rotatable bonds is 3. The van der Waals surface area contributed by atoms with Crippen LogP contribution in [-0.2, 0) is 16.2 Å². The largest absolute Gasteiger partial charge is 0.416 e. The number of carbonyl (C=O) groups excluding carboxylic acids is 1. The molecule has 1 aliphatic rings. The van der Waals surface area contributed by atoms with Crippen molar-refractivity contribution in [3.05, 3.63) is 51.2 Å². The van der Waals surface area contributed by atoms with Crippen molar-refractivity contribution in [2.45, 2.75) is 11.1 Å². The Kier molecular flexibility index (Phi) is 5.53. The van der Waals surface area contributed by atoms with Gasteiger partial charge in [-0.25, -0.2) is 8.42 Å². The third kappa shape index (κ3) is 4.13. The molecule has 1 amide bonds. The lowest BCUT2D eigenvalue weighted by molar-refractivity contribution is -0.137. The van der Waals surface area contributed by atoms with Crippen LogP contribution in [0, 0.1) is 0 Å². The van der Waals surface area contributed by atoms with Crippen LogP contribution >= 0.6 is 22.9 Å². The molecule has 1 aromatic carbocycles. The topological polar surface area (TPSA) is 57.7 Å². The summed E-state index contributed by atoms with van der Waals surface area (Å²) in [6.07, 6.45) is -4.68. The highest BCUT2D eigenvalue weighted by Crippen LogP contribution is 2.34. The standard InChI is InChI=1S/C16H14ClF3N2O3S2/c17-12-4-3-11(16(18,19)20)10-14(12)27(24,25)22-7-5-21(6-8-22)15(23)13-2-1-9-26-13/h1-4,9-10H,5-8H2. The fraction of sp³-hybridized carbons (Fsp3) is 0.312. The third-order valence-corrected chi connectivity index (χ3v) is 7.37. The predicted molar refractivity (Wildman–Crippen MR) is 95.4 cm³/mol. The zero-order valence-electron chi connectivity index (χ0n) is 13.7. The SMILES string of the molecule is O=C(c1cccs1)N1CCN(S(=O)(=O)c2cc(C(F)(F)F)ccc2Cl)CC1. The minimum atomic E-state index is -4.68. The number of halogens is 4. The van der Waals surface area contributed by atoms with Gasteiger partial charge in [-0.2, -0.15) is 17.5 Å². The zero-order chi connectivity index (χ0) is 19.8. The van der Waals surface area contributed by atoms with Gasteiger partial charge in [0.2, 0.25) is 10.0 Å². The number of sulfonamides is 1. The molecule has 1 aromatic heterocycles. The second-order valence-electron chi connectivity index (χ2n) is 5.82. The average Bonchev–Trinajstić information content (AvgIpc) is 3.15. The van der Waals surface area contributed by atoms with Crippen LogP contribution in [0.4, 0.5) is 13.2 Å². The Morgan fingerprint density at radius 1 is 1.11 bits per heavy atom. The van der Waals surface area contributed by atoms with Gasteiger partial charge in [0, 0.05) is 26.2 Å². The molecule has 1 fully saturated rings. The maximum atomic E-state index is 12.9. The van der Waals surface area contributed by atoms with Gasteiger partial charge in [-0.05, 0) is 29.6 Å². The van der Waals surface area contributed by atoms with Gasteiger partial charge in [0.25, 0.3) is 5.91 Å². The van der Waals surface area contributed by atoms with E-state index in [0.29, 0.717) is 10.9 Å². The van der Waals surface area contributed by atoms with Crippen LogP contribution in [0.5, 0.6) is 0 Å². The second-order valence-corrected chi connectivity index (χ2v) is 9.08. The lowest BCUT2D eigenvalue weighted by atomic mass is 10.2. The number of carbonyl (C=O) groups is 1. The molecule has 0 N–H and O–H groups in total. The van der Waals surface area contributed by atoms with Gasteiger partial charge < -0.3 is 4.90 Å². The molecule has 146 valence electrons. The van der Waals surface area contributed by atoms with Crippen LogP contribution in [0.25, 0.3) is 0 Å². The molecule has 1 saturated heterocycles. The highest BCUT2D eigenvalue weighted by molar-refractivity contribution is 7.89. The van der Waals surface area contributed by atoms with E-state index >= 15 is 0 Å². The first-order chi connectivity index (χ1) is 12.6. The molecule has 3 rings (SSSR count). The Balaban J connectivity index is 1.79. The average molecular weight is 439 g/mol. The van der Waals surface area contributed by atoms with Crippen molar-refractivity contribution in [2.24, 2.45) is 0 Å². The first kappa shape index (κ1) is 20.1. The Morgan fingerprint density at radius 2 is 1.78 bits per heavy atom. The minimum Gasteiger partial charge on any atom is -0.335 e. The molecule has 0 saturated carbocycles. The Bertz CT molecular complexity index is 938. The number of benzene rings is 1. The summed E-state index contributed by atoms with van der Waals surface area (Å²) in [5, 5.41) is 1.49. The number of thiophene rings is 1. The van der Waals surface area contributed by atoms with E-state index in [9.17, 15) is 26.4 Å². The van der Waals surface area contributed by atoms with Crippen LogP contribution in [0.1, 0.15) is 15.2 Å². The van der Waals surface area contributed by atoms with E-state index in [0.717, 1.165) is 16.4 Å². The number of nitrogens with zero attached hydrogens (tertiary/aromatic N) is 2. The van der Waals surface area contributed by atoms with Crippen molar-refractivity contribution in [3.63, 3.8) is 0 Å². The second kappa shape index (κ2) is 7.42. The summed E-state index contributed by atoms with van der Waals surface area (Å²) in [5.41, 5.74) is -1.09. The highest BCUT2D eigenvalue weighted by Gasteiger charge is 2.36. The van der Waals surface area contributed by atoms with E-state index < -0.39 is 26.7 Å². The Labute approximate surface area is 163 Å². The van der Waals surface area contributed by atoms with Crippen molar-refractivity contribution < 1.29 is 26.4 Å². The monoisotopic (exact) mass is 438 g/mol. The molecule has 0 bridgehead atoms. The van der Waals surface area contributed by atoms with E-state index in [1.807, 2.05) is 0 Å². The number of hydrogen-bond acceptors (Lipinski definition) is 4. The molecule has 0 atom stereocenters. The molecule has 5 nitrogen and oxygen atoms in total. The first-order valence-electron chi connectivity index (χ1n) is 7.80. The molecular formula is C16H14ClF3N2O3S2. The van der Waals surface area contributed by atoms with Crippen molar-refractivity contribution in [1.82, 2.24) is 9.21 Å². The van der Waals surface area contributed by atoms with Gasteiger partial charge >= 0.3 is 6.18 Å². The van der Waals surface area contributed by atoms with Gasteiger partial charge in [0.15, 0.2) is 0 Å². The summed E-state index contributed by atoms with van der Waals surface area (Å²) in [5.74, 6) is -0.195. The predicted octanol–water partition coefficient (Wildman–Crippen LogP) is 3.57. The van der Waals surface area contributed by atoms with Crippen molar-refractivity contribution >= 4 is 38.9 Å². The van der Waals surface area contributed by atoms with Crippen LogP contribution < -0.4 is 0 Å². The van der Waals surface area contributed by atoms with Gasteiger partial charge in [-0.15, -0.1) is 11.3 Å². The summed E-state index contributed by atoms with van der Waals surface area (Å²) in [6, 6.07) is 5.63. The Morgan fingerprint density at radius 3 is 2.33 bits per heavy atom. The molecule has 1 aliphatic heterocycles. The van der Waals surface area contributed by atoms with Gasteiger partial charge in [0.05, 0.1) is 15.5 Å². The fourth-order valence-corrected chi connectivity index (χ4v) is 5.32. The summed E-state index contributed by atoms with van der Waals surface area (Å²) in [4.78, 5) is 13.8. The van der Waals surface area contributed by atoms with Gasteiger partial charge in [-0.1, -0.05) is 17.7 Å². The molecule has 0 aliphatic carbocycles. The molecular weight excluding hydrogens is 425 g/mol. The van der Waals surface area contributed by atoms with E-state index in [-0.39, 0.29) is 37.1 Å². The molecule has 0 unspecified atom stereocenters. The summed E-state index contributed by atoms with van der Waals surface area (Å²) < 4.78 is 65.3. The molecule has 0 spiro atoms. The smallest absolute Gasteiger partial charge is 0.335 e. The lowest BCUT2D eigenvalue weighted by Gasteiger charge is -2.34. The maximum absolute atomic E-state index is 12.9. The number of piperazine rings is 1. The van der Waals surface area contributed by atoms with Crippen LogP contribution in [0.2, 0.25) is 5.02 Å². The van der Waals surface area contributed by atoms with E-state index in [2.05, 4.69) is 0 Å². The normalized spacial score (nSPS) is 16.5. The van der Waals surface area contributed by atoms with Gasteiger partial charge in [-0.3, -0.25) is 4.79 Å². The van der Waals surface area contributed by atoms with Crippen LogP contribution in [-0.4, -0.2) is 49.7 Å².